The molecule has 0 aliphatic carbocycles. The van der Waals surface area contributed by atoms with Crippen molar-refractivity contribution in [3.63, 3.8) is 0 Å². The van der Waals surface area contributed by atoms with Gasteiger partial charge in [0, 0.05) is 18.8 Å². The quantitative estimate of drug-likeness (QED) is 0.782. The molecule has 0 saturated carbocycles. The number of amides is 2. The first-order chi connectivity index (χ1) is 8.84. The number of hydrogen-bond donors (Lipinski definition) is 3. The van der Waals surface area contributed by atoms with Gasteiger partial charge in [0.15, 0.2) is 0 Å². The number of rotatable bonds is 4. The monoisotopic (exact) mass is 265 g/mol. The Balaban J connectivity index is 2.66. The van der Waals surface area contributed by atoms with Gasteiger partial charge in [-0.15, -0.1) is 0 Å². The van der Waals surface area contributed by atoms with Gasteiger partial charge in [0.25, 0.3) is 0 Å². The van der Waals surface area contributed by atoms with Gasteiger partial charge in [0.2, 0.25) is 0 Å². The van der Waals surface area contributed by atoms with Gasteiger partial charge >= 0.3 is 6.03 Å². The molecule has 0 aliphatic heterocycles. The first kappa shape index (κ1) is 15.4. The van der Waals surface area contributed by atoms with Crippen molar-refractivity contribution >= 4 is 11.8 Å². The van der Waals surface area contributed by atoms with E-state index in [1.54, 1.807) is 6.20 Å². The van der Waals surface area contributed by atoms with Crippen LogP contribution in [0.4, 0.5) is 10.6 Å². The van der Waals surface area contributed by atoms with E-state index in [9.17, 15) is 4.79 Å². The second-order valence-corrected chi connectivity index (χ2v) is 5.70. The van der Waals surface area contributed by atoms with E-state index in [1.807, 2.05) is 39.8 Å². The topological polar surface area (TPSA) is 74.2 Å². The van der Waals surface area contributed by atoms with E-state index < -0.39 is 0 Å². The van der Waals surface area contributed by atoms with Crippen LogP contribution in [0.25, 0.3) is 0 Å². The van der Waals surface area contributed by atoms with Gasteiger partial charge in [-0.05, 0) is 30.4 Å². The molecule has 0 aromatic carbocycles. The first-order valence-corrected chi connectivity index (χ1v) is 6.44. The summed E-state index contributed by atoms with van der Waals surface area (Å²) >= 11 is 0. The first-order valence-electron chi connectivity index (χ1n) is 6.44. The summed E-state index contributed by atoms with van der Waals surface area (Å²) in [4.78, 5) is 16.1. The van der Waals surface area contributed by atoms with Crippen LogP contribution >= 0.6 is 0 Å². The van der Waals surface area contributed by atoms with E-state index in [4.69, 9.17) is 5.11 Å². The average Bonchev–Trinajstić information content (AvgIpc) is 2.30. The van der Waals surface area contributed by atoms with Crippen molar-refractivity contribution in [2.24, 2.45) is 5.41 Å². The molecule has 2 amide bonds. The number of aliphatic hydroxyl groups excluding tert-OH is 1. The molecule has 19 heavy (non-hydrogen) atoms. The molecule has 0 radical (unpaired) electrons. The largest absolute Gasteiger partial charge is 0.396 e. The predicted molar refractivity (Wildman–Crippen MR) is 76.1 cm³/mol. The number of aliphatic hydroxyl groups is 1. The van der Waals surface area contributed by atoms with Crippen LogP contribution in [0.15, 0.2) is 18.3 Å². The van der Waals surface area contributed by atoms with E-state index in [2.05, 4.69) is 15.6 Å². The maximum absolute atomic E-state index is 12.0. The van der Waals surface area contributed by atoms with Crippen LogP contribution in [0.1, 0.15) is 32.8 Å². The molecule has 0 saturated heterocycles. The molecule has 5 heteroatoms. The van der Waals surface area contributed by atoms with E-state index >= 15 is 0 Å². The summed E-state index contributed by atoms with van der Waals surface area (Å²) in [5.41, 5.74) is 0.797. The summed E-state index contributed by atoms with van der Waals surface area (Å²) < 4.78 is 0. The SMILES string of the molecule is Cc1cccnc1NC(=O)N[C@@H](CCO)C(C)(C)C. The molecule has 0 unspecified atom stereocenters. The van der Waals surface area contributed by atoms with Crippen molar-refractivity contribution in [2.75, 3.05) is 11.9 Å². The minimum Gasteiger partial charge on any atom is -0.396 e. The number of anilines is 1. The van der Waals surface area contributed by atoms with E-state index in [-0.39, 0.29) is 24.1 Å². The van der Waals surface area contributed by atoms with Crippen LogP contribution in [-0.2, 0) is 0 Å². The summed E-state index contributed by atoms with van der Waals surface area (Å²) in [6.45, 7) is 8.02. The molecule has 0 bridgehead atoms. The zero-order valence-corrected chi connectivity index (χ0v) is 12.0. The lowest BCUT2D eigenvalue weighted by Gasteiger charge is -2.31. The minimum atomic E-state index is -0.296. The van der Waals surface area contributed by atoms with Gasteiger partial charge in [0.1, 0.15) is 5.82 Å². The molecule has 1 aromatic heterocycles. The Morgan fingerprint density at radius 1 is 1.47 bits per heavy atom. The van der Waals surface area contributed by atoms with Crippen LogP contribution in [-0.4, -0.2) is 28.8 Å². The third-order valence-corrected chi connectivity index (χ3v) is 3.01. The number of aromatic nitrogens is 1. The highest BCUT2D eigenvalue weighted by molar-refractivity contribution is 5.89. The van der Waals surface area contributed by atoms with Crippen molar-refractivity contribution in [3.05, 3.63) is 23.9 Å². The van der Waals surface area contributed by atoms with E-state index in [0.717, 1.165) is 5.56 Å². The lowest BCUT2D eigenvalue weighted by atomic mass is 9.85. The summed E-state index contributed by atoms with van der Waals surface area (Å²) in [5.74, 6) is 0.552. The molecule has 0 fully saturated rings. The number of pyridine rings is 1. The highest BCUT2D eigenvalue weighted by Crippen LogP contribution is 2.21. The molecule has 1 rings (SSSR count). The Morgan fingerprint density at radius 2 is 2.16 bits per heavy atom. The van der Waals surface area contributed by atoms with Gasteiger partial charge in [-0.1, -0.05) is 26.8 Å². The molecule has 0 spiro atoms. The summed E-state index contributed by atoms with van der Waals surface area (Å²) in [7, 11) is 0. The Labute approximate surface area is 114 Å². The molecular formula is C14H23N3O2. The second-order valence-electron chi connectivity index (χ2n) is 5.70. The molecule has 1 atom stereocenters. The van der Waals surface area contributed by atoms with Gasteiger partial charge in [-0.3, -0.25) is 5.32 Å². The minimum absolute atomic E-state index is 0.0465. The van der Waals surface area contributed by atoms with Gasteiger partial charge in [0.05, 0.1) is 0 Å². The smallest absolute Gasteiger partial charge is 0.320 e. The summed E-state index contributed by atoms with van der Waals surface area (Å²) in [6, 6.07) is 3.32. The van der Waals surface area contributed by atoms with Crippen molar-refractivity contribution in [1.29, 1.82) is 0 Å². The third kappa shape index (κ3) is 4.87. The number of urea groups is 1. The van der Waals surface area contributed by atoms with E-state index in [0.29, 0.717) is 12.2 Å². The molecule has 1 heterocycles. The van der Waals surface area contributed by atoms with Crippen molar-refractivity contribution in [2.45, 2.75) is 40.2 Å². The number of nitrogens with one attached hydrogen (secondary N) is 2. The normalized spacial score (nSPS) is 12.9. The van der Waals surface area contributed by atoms with Crippen molar-refractivity contribution < 1.29 is 9.90 Å². The molecule has 5 nitrogen and oxygen atoms in total. The fraction of sp³-hybridized carbons (Fsp3) is 0.571. The Bertz CT molecular complexity index is 427. The maximum Gasteiger partial charge on any atom is 0.320 e. The zero-order chi connectivity index (χ0) is 14.5. The van der Waals surface area contributed by atoms with Crippen LogP contribution in [0.3, 0.4) is 0 Å². The third-order valence-electron chi connectivity index (χ3n) is 3.01. The van der Waals surface area contributed by atoms with Crippen LogP contribution < -0.4 is 10.6 Å². The van der Waals surface area contributed by atoms with Gasteiger partial charge < -0.3 is 10.4 Å². The fourth-order valence-corrected chi connectivity index (χ4v) is 1.77. The standard InChI is InChI=1S/C14H23N3O2/c1-10-6-5-8-15-12(10)17-13(19)16-11(7-9-18)14(2,3)4/h5-6,8,11,18H,7,9H2,1-4H3,(H2,15,16,17,19)/t11-/m0/s1. The number of carbonyl (C=O) groups excluding carboxylic acids is 1. The Morgan fingerprint density at radius 3 is 2.68 bits per heavy atom. The fourth-order valence-electron chi connectivity index (χ4n) is 1.77. The summed E-state index contributed by atoms with van der Waals surface area (Å²) in [5, 5.41) is 14.7. The number of carbonyl (C=O) groups is 1. The number of hydrogen-bond acceptors (Lipinski definition) is 3. The zero-order valence-electron chi connectivity index (χ0n) is 12.0. The maximum atomic E-state index is 12.0. The van der Waals surface area contributed by atoms with Crippen LogP contribution in [0, 0.1) is 12.3 Å². The predicted octanol–water partition coefficient (Wildman–Crippen LogP) is 2.31. The van der Waals surface area contributed by atoms with Crippen molar-refractivity contribution in [3.8, 4) is 0 Å². The second kappa shape index (κ2) is 6.52. The molecular weight excluding hydrogens is 242 g/mol. The van der Waals surface area contributed by atoms with Crippen LogP contribution in [0.5, 0.6) is 0 Å². The van der Waals surface area contributed by atoms with Crippen molar-refractivity contribution in [1.82, 2.24) is 10.3 Å². The van der Waals surface area contributed by atoms with Gasteiger partial charge in [-0.2, -0.15) is 0 Å². The Kier molecular flexibility index (Phi) is 5.30. The summed E-state index contributed by atoms with van der Waals surface area (Å²) in [6.07, 6.45) is 2.16. The highest BCUT2D eigenvalue weighted by atomic mass is 16.3. The molecule has 1 aromatic rings. The van der Waals surface area contributed by atoms with Crippen LogP contribution in [0.2, 0.25) is 0 Å². The lowest BCUT2D eigenvalue weighted by molar-refractivity contribution is 0.194. The van der Waals surface area contributed by atoms with E-state index in [1.165, 1.54) is 0 Å². The number of nitrogens with zero attached hydrogens (tertiary/aromatic N) is 1. The molecule has 3 N–H and O–H groups in total. The average molecular weight is 265 g/mol. The lowest BCUT2D eigenvalue weighted by Crippen LogP contribution is -2.46. The van der Waals surface area contributed by atoms with Gasteiger partial charge in [-0.25, -0.2) is 9.78 Å². The molecule has 106 valence electrons. The Hall–Kier alpha value is -1.62. The molecule has 0 aliphatic rings. The highest BCUT2D eigenvalue weighted by Gasteiger charge is 2.25. The number of aryl methyl sites for hydroxylation is 1.